The van der Waals surface area contributed by atoms with Crippen LogP contribution in [0.1, 0.15) is 52.9 Å². The summed E-state index contributed by atoms with van der Waals surface area (Å²) in [6.07, 6.45) is 3.43. The van der Waals surface area contributed by atoms with Crippen LogP contribution in [0.4, 0.5) is 4.79 Å². The van der Waals surface area contributed by atoms with E-state index in [1.165, 1.54) is 0 Å². The first-order valence-electron chi connectivity index (χ1n) is 9.21. The van der Waals surface area contributed by atoms with Crippen LogP contribution in [0.15, 0.2) is 0 Å². The summed E-state index contributed by atoms with van der Waals surface area (Å²) in [5.74, 6) is 0.664. The van der Waals surface area contributed by atoms with Crippen LogP contribution in [-0.4, -0.2) is 62.5 Å². The number of carbonyl (C=O) groups is 1. The summed E-state index contributed by atoms with van der Waals surface area (Å²) in [6, 6.07) is -0.0307. The summed E-state index contributed by atoms with van der Waals surface area (Å²) in [5, 5.41) is 2.83. The lowest BCUT2D eigenvalue weighted by Gasteiger charge is -2.32. The van der Waals surface area contributed by atoms with E-state index in [1.54, 1.807) is 4.31 Å². The zero-order valence-corrected chi connectivity index (χ0v) is 16.4. The Morgan fingerprint density at radius 3 is 2.32 bits per heavy atom. The molecule has 0 unspecified atom stereocenters. The number of alkyl carbamates (subject to hydrolysis) is 1. The van der Waals surface area contributed by atoms with Crippen LogP contribution in [0.3, 0.4) is 0 Å². The molecule has 0 aromatic rings. The summed E-state index contributed by atoms with van der Waals surface area (Å²) in [7, 11) is -3.21. The molecule has 0 aromatic carbocycles. The van der Waals surface area contributed by atoms with Gasteiger partial charge in [0.25, 0.3) is 0 Å². The lowest BCUT2D eigenvalue weighted by atomic mass is 9.98. The lowest BCUT2D eigenvalue weighted by molar-refractivity contribution is 0.0489. The van der Waals surface area contributed by atoms with Crippen LogP contribution in [0.2, 0.25) is 0 Å². The van der Waals surface area contributed by atoms with Gasteiger partial charge in [0, 0.05) is 32.3 Å². The van der Waals surface area contributed by atoms with Crippen molar-refractivity contribution >= 4 is 16.1 Å². The zero-order chi connectivity index (χ0) is 18.5. The van der Waals surface area contributed by atoms with E-state index in [0.717, 1.165) is 26.1 Å². The van der Waals surface area contributed by atoms with Crippen molar-refractivity contribution in [3.63, 3.8) is 0 Å². The summed E-state index contributed by atoms with van der Waals surface area (Å²) < 4.78 is 37.2. The molecule has 0 saturated carbocycles. The monoisotopic (exact) mass is 376 g/mol. The van der Waals surface area contributed by atoms with E-state index in [1.807, 2.05) is 20.8 Å². The zero-order valence-electron chi connectivity index (χ0n) is 15.6. The Balaban J connectivity index is 1.73. The van der Waals surface area contributed by atoms with E-state index in [-0.39, 0.29) is 11.8 Å². The van der Waals surface area contributed by atoms with Crippen LogP contribution in [0.5, 0.6) is 0 Å². The predicted octanol–water partition coefficient (Wildman–Crippen LogP) is 2.12. The highest BCUT2D eigenvalue weighted by molar-refractivity contribution is 7.89. The fourth-order valence-electron chi connectivity index (χ4n) is 3.23. The number of sulfonamides is 1. The van der Waals surface area contributed by atoms with Gasteiger partial charge in [-0.25, -0.2) is 17.5 Å². The fraction of sp³-hybridized carbons (Fsp3) is 0.941. The molecule has 146 valence electrons. The SMILES string of the molecule is CC(C)(C)OC(=O)NC1CCN(S(=O)(=O)CCC2CCOCC2)CC1. The minimum atomic E-state index is -3.21. The van der Waals surface area contributed by atoms with Crippen molar-refractivity contribution in [3.05, 3.63) is 0 Å². The van der Waals surface area contributed by atoms with E-state index < -0.39 is 21.7 Å². The van der Waals surface area contributed by atoms with E-state index in [9.17, 15) is 13.2 Å². The van der Waals surface area contributed by atoms with Crippen molar-refractivity contribution in [2.24, 2.45) is 5.92 Å². The van der Waals surface area contributed by atoms with Crippen molar-refractivity contribution in [1.82, 2.24) is 9.62 Å². The van der Waals surface area contributed by atoms with Gasteiger partial charge in [0.2, 0.25) is 10.0 Å². The summed E-state index contributed by atoms with van der Waals surface area (Å²) in [4.78, 5) is 11.8. The van der Waals surface area contributed by atoms with E-state index in [2.05, 4.69) is 5.32 Å². The molecule has 2 saturated heterocycles. The summed E-state index contributed by atoms with van der Waals surface area (Å²) in [6.45, 7) is 7.85. The van der Waals surface area contributed by atoms with Crippen molar-refractivity contribution in [2.75, 3.05) is 32.1 Å². The number of ether oxygens (including phenoxy) is 2. The highest BCUT2D eigenvalue weighted by Gasteiger charge is 2.30. The van der Waals surface area contributed by atoms with Gasteiger partial charge in [-0.2, -0.15) is 0 Å². The van der Waals surface area contributed by atoms with Gasteiger partial charge in [-0.3, -0.25) is 0 Å². The van der Waals surface area contributed by atoms with Crippen LogP contribution in [-0.2, 0) is 19.5 Å². The first-order chi connectivity index (χ1) is 11.7. The molecule has 0 aromatic heterocycles. The Morgan fingerprint density at radius 2 is 1.76 bits per heavy atom. The van der Waals surface area contributed by atoms with Gasteiger partial charge in [-0.15, -0.1) is 0 Å². The number of carbonyl (C=O) groups excluding carboxylic acids is 1. The number of nitrogens with zero attached hydrogens (tertiary/aromatic N) is 1. The molecule has 0 bridgehead atoms. The maximum atomic E-state index is 12.5. The molecule has 2 rings (SSSR count). The third-order valence-electron chi connectivity index (χ3n) is 4.69. The smallest absolute Gasteiger partial charge is 0.407 e. The van der Waals surface area contributed by atoms with Crippen molar-refractivity contribution < 1.29 is 22.7 Å². The first kappa shape index (κ1) is 20.5. The standard InChI is InChI=1S/C17H32N2O5S/c1-17(2,3)24-16(20)18-15-4-9-19(10-5-15)25(21,22)13-8-14-6-11-23-12-7-14/h14-15H,4-13H2,1-3H3,(H,18,20). The highest BCUT2D eigenvalue weighted by Crippen LogP contribution is 2.22. The molecule has 2 aliphatic rings. The Hall–Kier alpha value is -0.860. The maximum absolute atomic E-state index is 12.5. The Bertz CT molecular complexity index is 530. The van der Waals surface area contributed by atoms with Gasteiger partial charge < -0.3 is 14.8 Å². The quantitative estimate of drug-likeness (QED) is 0.794. The second-order valence-electron chi connectivity index (χ2n) is 7.98. The summed E-state index contributed by atoms with van der Waals surface area (Å²) in [5.41, 5.74) is -0.529. The topological polar surface area (TPSA) is 84.9 Å². The van der Waals surface area contributed by atoms with Gasteiger partial charge in [-0.05, 0) is 58.8 Å². The molecule has 2 aliphatic heterocycles. The predicted molar refractivity (Wildman–Crippen MR) is 95.9 cm³/mol. The lowest BCUT2D eigenvalue weighted by Crippen LogP contribution is -2.48. The number of rotatable bonds is 5. The molecule has 0 radical (unpaired) electrons. The number of piperidine rings is 1. The van der Waals surface area contributed by atoms with E-state index in [4.69, 9.17) is 9.47 Å². The molecule has 0 atom stereocenters. The van der Waals surface area contributed by atoms with Gasteiger partial charge in [0.05, 0.1) is 5.75 Å². The largest absolute Gasteiger partial charge is 0.444 e. The second-order valence-corrected chi connectivity index (χ2v) is 10.1. The van der Waals surface area contributed by atoms with Crippen molar-refractivity contribution in [3.8, 4) is 0 Å². The molecule has 0 spiro atoms. The third kappa shape index (κ3) is 7.11. The van der Waals surface area contributed by atoms with Gasteiger partial charge in [-0.1, -0.05) is 0 Å². The molecular weight excluding hydrogens is 344 g/mol. The molecule has 1 amide bonds. The Labute approximate surface area is 151 Å². The normalized spacial score (nSPS) is 21.9. The number of nitrogens with one attached hydrogen (secondary N) is 1. The molecule has 7 nitrogen and oxygen atoms in total. The maximum Gasteiger partial charge on any atom is 0.407 e. The third-order valence-corrected chi connectivity index (χ3v) is 6.60. The fourth-order valence-corrected chi connectivity index (χ4v) is 4.89. The average molecular weight is 377 g/mol. The van der Waals surface area contributed by atoms with Gasteiger partial charge >= 0.3 is 6.09 Å². The number of hydrogen-bond donors (Lipinski definition) is 1. The summed E-state index contributed by atoms with van der Waals surface area (Å²) >= 11 is 0. The van der Waals surface area contributed by atoms with Gasteiger partial charge in [0.15, 0.2) is 0 Å². The first-order valence-corrected chi connectivity index (χ1v) is 10.8. The van der Waals surface area contributed by atoms with Crippen LogP contribution < -0.4 is 5.32 Å². The van der Waals surface area contributed by atoms with Crippen LogP contribution in [0, 0.1) is 5.92 Å². The average Bonchev–Trinajstić information content (AvgIpc) is 2.53. The second kappa shape index (κ2) is 8.68. The van der Waals surface area contributed by atoms with Crippen LogP contribution in [0.25, 0.3) is 0 Å². The molecule has 2 fully saturated rings. The number of amides is 1. The van der Waals surface area contributed by atoms with Gasteiger partial charge in [0.1, 0.15) is 5.60 Å². The van der Waals surface area contributed by atoms with Crippen LogP contribution >= 0.6 is 0 Å². The number of hydrogen-bond acceptors (Lipinski definition) is 5. The Morgan fingerprint density at radius 1 is 1.16 bits per heavy atom. The molecule has 2 heterocycles. The molecule has 25 heavy (non-hydrogen) atoms. The minimum absolute atomic E-state index is 0.0307. The minimum Gasteiger partial charge on any atom is -0.444 e. The highest BCUT2D eigenvalue weighted by atomic mass is 32.2. The molecule has 0 aliphatic carbocycles. The van der Waals surface area contributed by atoms with E-state index >= 15 is 0 Å². The molecular formula is C17H32N2O5S. The van der Waals surface area contributed by atoms with E-state index in [0.29, 0.717) is 38.3 Å². The van der Waals surface area contributed by atoms with Crippen molar-refractivity contribution in [2.45, 2.75) is 64.5 Å². The molecule has 1 N–H and O–H groups in total. The Kier molecular flexibility index (Phi) is 7.10. The van der Waals surface area contributed by atoms with Crippen molar-refractivity contribution in [1.29, 1.82) is 0 Å². The molecule has 8 heteroatoms.